The quantitative estimate of drug-likeness (QED) is 0.142. The molecule has 2 unspecified atom stereocenters. The number of hydrogen-bond donors (Lipinski definition) is 5. The Labute approximate surface area is 248 Å². The van der Waals surface area contributed by atoms with E-state index in [-0.39, 0.29) is 18.8 Å². The average molecular weight is 629 g/mol. The molecule has 1 aliphatic heterocycles. The number of aliphatic hydroxyl groups is 3. The minimum Gasteiger partial charge on any atom is -0.497 e. The molecule has 0 aromatic heterocycles. The first-order valence-corrected chi connectivity index (χ1v) is 16.0. The van der Waals surface area contributed by atoms with Gasteiger partial charge in [0.2, 0.25) is 5.91 Å². The third-order valence-corrected chi connectivity index (χ3v) is 8.47. The molecular weight excluding hydrogens is 591 g/mol. The lowest BCUT2D eigenvalue weighted by molar-refractivity contribution is -0.250. The molecule has 1 fully saturated rings. The SMILES string of the molecule is COc1ccc(OP(=O)(NC(CCSC)C(=O)OCc2ccccc2)O[C@H]2[C@H](O)[C@@H](CO)O[C@H](O)[C@@H]2NC(C)=O)cc1. The van der Waals surface area contributed by atoms with E-state index >= 15 is 0 Å². The molecule has 0 spiro atoms. The number of ether oxygens (including phenoxy) is 3. The van der Waals surface area contributed by atoms with Crippen LogP contribution in [0.1, 0.15) is 18.9 Å². The highest BCUT2D eigenvalue weighted by Gasteiger charge is 2.50. The smallest absolute Gasteiger partial charge is 0.459 e. The Morgan fingerprint density at radius 2 is 1.76 bits per heavy atom. The molecule has 1 saturated heterocycles. The van der Waals surface area contributed by atoms with Gasteiger partial charge in [0.25, 0.3) is 0 Å². The van der Waals surface area contributed by atoms with E-state index in [1.54, 1.807) is 36.4 Å². The Kier molecular flexibility index (Phi) is 13.1. The lowest BCUT2D eigenvalue weighted by Gasteiger charge is -2.43. The van der Waals surface area contributed by atoms with E-state index < -0.39 is 62.9 Å². The summed E-state index contributed by atoms with van der Waals surface area (Å²) < 4.78 is 41.9. The van der Waals surface area contributed by atoms with Gasteiger partial charge < -0.3 is 39.4 Å². The molecular formula is C27H37N2O11PS. The molecule has 2 aromatic carbocycles. The molecule has 2 aromatic rings. The Bertz CT molecular complexity index is 1190. The van der Waals surface area contributed by atoms with E-state index in [4.69, 9.17) is 23.3 Å². The van der Waals surface area contributed by atoms with Crippen molar-refractivity contribution < 1.29 is 52.7 Å². The number of nitrogens with one attached hydrogen (secondary N) is 2. The summed E-state index contributed by atoms with van der Waals surface area (Å²) >= 11 is 1.44. The fourth-order valence-electron chi connectivity index (χ4n) is 4.10. The second kappa shape index (κ2) is 16.2. The summed E-state index contributed by atoms with van der Waals surface area (Å²) in [6.45, 7) is 0.417. The number of carbonyl (C=O) groups is 2. The molecule has 0 radical (unpaired) electrons. The zero-order chi connectivity index (χ0) is 30.7. The Hall–Kier alpha value is -2.68. The summed E-state index contributed by atoms with van der Waals surface area (Å²) in [5.41, 5.74) is 0.746. The summed E-state index contributed by atoms with van der Waals surface area (Å²) in [5.74, 6) is -0.306. The summed E-state index contributed by atoms with van der Waals surface area (Å²) in [6, 6.07) is 12.4. The lowest BCUT2D eigenvalue weighted by Crippen LogP contribution is -2.64. The highest BCUT2D eigenvalue weighted by atomic mass is 32.2. The van der Waals surface area contributed by atoms with E-state index in [9.17, 15) is 29.5 Å². The maximum atomic E-state index is 14.4. The van der Waals surface area contributed by atoms with E-state index in [0.29, 0.717) is 11.5 Å². The fourth-order valence-corrected chi connectivity index (χ4v) is 6.32. The van der Waals surface area contributed by atoms with Gasteiger partial charge in [-0.15, -0.1) is 0 Å². The van der Waals surface area contributed by atoms with Gasteiger partial charge >= 0.3 is 13.7 Å². The van der Waals surface area contributed by atoms with Gasteiger partial charge in [0, 0.05) is 6.92 Å². The molecule has 42 heavy (non-hydrogen) atoms. The van der Waals surface area contributed by atoms with Gasteiger partial charge in [-0.05, 0) is 48.3 Å². The van der Waals surface area contributed by atoms with Crippen molar-refractivity contribution in [2.45, 2.75) is 56.6 Å². The standard InChI is InChI=1S/C27H37N2O11PS/c1-17(31)28-23-25(24(32)22(15-30)38-27(23)34)40-41(35,39-20-11-9-19(36-2)10-12-20)29-21(13-14-42-3)26(33)37-16-18-7-5-4-6-8-18/h4-12,21-25,27,30,32,34H,13-16H2,1-3H3,(H,28,31)(H,29,35)/t21?,22-,23-,24-,25-,27+,41?/m1/s1. The molecule has 1 aliphatic rings. The molecule has 7 atom stereocenters. The minimum atomic E-state index is -4.62. The third kappa shape index (κ3) is 9.68. The topological polar surface area (TPSA) is 182 Å². The van der Waals surface area contributed by atoms with Crippen molar-refractivity contribution in [2.24, 2.45) is 0 Å². The first kappa shape index (κ1) is 33.8. The maximum absolute atomic E-state index is 14.4. The molecule has 0 bridgehead atoms. The fraction of sp³-hybridized carbons (Fsp3) is 0.481. The molecule has 0 aliphatic carbocycles. The molecule has 3 rings (SSSR count). The summed E-state index contributed by atoms with van der Waals surface area (Å²) in [5, 5.41) is 36.2. The zero-order valence-electron chi connectivity index (χ0n) is 23.5. The van der Waals surface area contributed by atoms with E-state index in [2.05, 4.69) is 10.4 Å². The second-order valence-corrected chi connectivity index (χ2v) is 12.0. The van der Waals surface area contributed by atoms with Crippen LogP contribution >= 0.6 is 19.5 Å². The molecule has 0 saturated carbocycles. The van der Waals surface area contributed by atoms with Crippen molar-refractivity contribution in [1.29, 1.82) is 0 Å². The predicted molar refractivity (Wildman–Crippen MR) is 154 cm³/mol. The van der Waals surface area contributed by atoms with Gasteiger partial charge in [0.15, 0.2) is 6.29 Å². The largest absolute Gasteiger partial charge is 0.497 e. The van der Waals surface area contributed by atoms with Crippen molar-refractivity contribution in [3.05, 3.63) is 60.2 Å². The number of amides is 1. The molecule has 5 N–H and O–H groups in total. The number of thioether (sulfide) groups is 1. The summed E-state index contributed by atoms with van der Waals surface area (Å²) in [4.78, 5) is 25.1. The number of benzene rings is 2. The molecule has 1 amide bonds. The molecule has 15 heteroatoms. The number of rotatable bonds is 15. The van der Waals surface area contributed by atoms with E-state index in [0.717, 1.165) is 5.56 Å². The van der Waals surface area contributed by atoms with Gasteiger partial charge in [-0.2, -0.15) is 16.8 Å². The first-order chi connectivity index (χ1) is 20.1. The van der Waals surface area contributed by atoms with Crippen LogP contribution < -0.4 is 19.7 Å². The highest BCUT2D eigenvalue weighted by Crippen LogP contribution is 2.48. The first-order valence-electron chi connectivity index (χ1n) is 13.1. The van der Waals surface area contributed by atoms with Gasteiger partial charge in [-0.25, -0.2) is 4.57 Å². The molecule has 13 nitrogen and oxygen atoms in total. The molecule has 232 valence electrons. The maximum Gasteiger partial charge on any atom is 0.459 e. The van der Waals surface area contributed by atoms with Crippen molar-refractivity contribution >= 4 is 31.4 Å². The number of carbonyl (C=O) groups excluding carboxylic acids is 2. The predicted octanol–water partition coefficient (Wildman–Crippen LogP) is 1.60. The van der Waals surface area contributed by atoms with Crippen LogP contribution in [-0.2, 0) is 34.8 Å². The monoisotopic (exact) mass is 628 g/mol. The van der Waals surface area contributed by atoms with Crippen LogP contribution in [0, 0.1) is 0 Å². The Morgan fingerprint density at radius 3 is 2.36 bits per heavy atom. The van der Waals surface area contributed by atoms with E-state index in [1.807, 2.05) is 12.3 Å². The number of methoxy groups -OCH3 is 1. The van der Waals surface area contributed by atoms with Gasteiger partial charge in [0.1, 0.15) is 48.5 Å². The number of aliphatic hydroxyl groups excluding tert-OH is 3. The van der Waals surface area contributed by atoms with Crippen LogP contribution in [0.5, 0.6) is 11.5 Å². The normalized spacial score (nSPS) is 24.2. The molecule has 1 heterocycles. The van der Waals surface area contributed by atoms with Crippen LogP contribution in [-0.4, -0.2) is 89.6 Å². The Balaban J connectivity index is 1.94. The second-order valence-electron chi connectivity index (χ2n) is 9.36. The van der Waals surface area contributed by atoms with Crippen LogP contribution in [0.25, 0.3) is 0 Å². The summed E-state index contributed by atoms with van der Waals surface area (Å²) in [6.07, 6.45) is -4.35. The van der Waals surface area contributed by atoms with Crippen molar-refractivity contribution in [3.63, 3.8) is 0 Å². The third-order valence-electron chi connectivity index (χ3n) is 6.22. The van der Waals surface area contributed by atoms with Gasteiger partial charge in [-0.3, -0.25) is 14.1 Å². The Morgan fingerprint density at radius 1 is 1.10 bits per heavy atom. The van der Waals surface area contributed by atoms with Crippen LogP contribution in [0.15, 0.2) is 54.6 Å². The van der Waals surface area contributed by atoms with E-state index in [1.165, 1.54) is 37.9 Å². The average Bonchev–Trinajstić information content (AvgIpc) is 2.98. The lowest BCUT2D eigenvalue weighted by atomic mass is 9.97. The van der Waals surface area contributed by atoms with Crippen LogP contribution in [0.4, 0.5) is 0 Å². The summed E-state index contributed by atoms with van der Waals surface area (Å²) in [7, 11) is -3.15. The zero-order valence-corrected chi connectivity index (χ0v) is 25.2. The van der Waals surface area contributed by atoms with Crippen LogP contribution in [0.3, 0.4) is 0 Å². The van der Waals surface area contributed by atoms with Crippen molar-refractivity contribution in [2.75, 3.05) is 25.7 Å². The number of esters is 1. The van der Waals surface area contributed by atoms with Crippen molar-refractivity contribution in [3.8, 4) is 11.5 Å². The van der Waals surface area contributed by atoms with Crippen molar-refractivity contribution in [1.82, 2.24) is 10.4 Å². The number of hydrogen-bond acceptors (Lipinski definition) is 12. The highest BCUT2D eigenvalue weighted by molar-refractivity contribution is 7.98. The van der Waals surface area contributed by atoms with Crippen LogP contribution in [0.2, 0.25) is 0 Å². The van der Waals surface area contributed by atoms with Gasteiger partial charge in [0.05, 0.1) is 13.7 Å². The minimum absolute atomic E-state index is 0.0325. The van der Waals surface area contributed by atoms with Gasteiger partial charge in [-0.1, -0.05) is 30.3 Å².